The van der Waals surface area contributed by atoms with Crippen LogP contribution in [0.25, 0.3) is 11.1 Å². The van der Waals surface area contributed by atoms with E-state index in [9.17, 15) is 26.3 Å². The third kappa shape index (κ3) is 4.94. The molecule has 2 aromatic carbocycles. The third-order valence-electron chi connectivity index (χ3n) is 4.52. The summed E-state index contributed by atoms with van der Waals surface area (Å²) >= 11 is 0. The van der Waals surface area contributed by atoms with Crippen LogP contribution in [0.5, 0.6) is 5.75 Å². The second-order valence-electron chi connectivity index (χ2n) is 6.41. The molecule has 0 saturated carbocycles. The summed E-state index contributed by atoms with van der Waals surface area (Å²) in [5.74, 6) is -0.608. The first-order valence-electron chi connectivity index (χ1n) is 8.41. The molecule has 1 N–H and O–H groups in total. The molecule has 0 unspecified atom stereocenters. The molecule has 27 heavy (non-hydrogen) atoms. The van der Waals surface area contributed by atoms with Crippen LogP contribution in [0.4, 0.5) is 26.3 Å². The highest BCUT2D eigenvalue weighted by Crippen LogP contribution is 2.40. The highest BCUT2D eigenvalue weighted by Gasteiger charge is 2.34. The van der Waals surface area contributed by atoms with E-state index in [0.717, 1.165) is 18.2 Å². The van der Waals surface area contributed by atoms with Crippen LogP contribution in [0.15, 0.2) is 42.5 Å². The Morgan fingerprint density at radius 3 is 2.19 bits per heavy atom. The monoisotopic (exact) mass is 389 g/mol. The maximum Gasteiger partial charge on any atom is 0.573 e. The Morgan fingerprint density at radius 1 is 0.889 bits per heavy atom. The fraction of sp³-hybridized carbons (Fsp3) is 0.368. The van der Waals surface area contributed by atoms with Crippen LogP contribution in [0.1, 0.15) is 29.9 Å². The molecule has 8 heteroatoms. The van der Waals surface area contributed by atoms with Crippen LogP contribution in [0.2, 0.25) is 0 Å². The number of benzene rings is 2. The zero-order chi connectivity index (χ0) is 19.7. The third-order valence-corrected chi connectivity index (χ3v) is 4.52. The van der Waals surface area contributed by atoms with Gasteiger partial charge in [0.1, 0.15) is 5.75 Å². The molecule has 0 spiro atoms. The summed E-state index contributed by atoms with van der Waals surface area (Å²) in [7, 11) is 0. The predicted octanol–water partition coefficient (Wildman–Crippen LogP) is 5.74. The quantitative estimate of drug-likeness (QED) is 0.676. The second-order valence-corrected chi connectivity index (χ2v) is 6.41. The molecule has 0 radical (unpaired) electrons. The number of nitrogens with one attached hydrogen (secondary N) is 1. The van der Waals surface area contributed by atoms with Crippen LogP contribution in [-0.2, 0) is 6.18 Å². The summed E-state index contributed by atoms with van der Waals surface area (Å²) in [5.41, 5.74) is -0.382. The van der Waals surface area contributed by atoms with Gasteiger partial charge in [-0.1, -0.05) is 24.3 Å². The van der Waals surface area contributed by atoms with Crippen molar-refractivity contribution in [1.29, 1.82) is 0 Å². The summed E-state index contributed by atoms with van der Waals surface area (Å²) in [6.45, 7) is 1.37. The molecule has 3 rings (SSSR count). The maximum absolute atomic E-state index is 13.4. The van der Waals surface area contributed by atoms with Crippen LogP contribution >= 0.6 is 0 Å². The van der Waals surface area contributed by atoms with Crippen molar-refractivity contribution in [3.63, 3.8) is 0 Å². The number of halogens is 6. The largest absolute Gasteiger partial charge is 0.573 e. The van der Waals surface area contributed by atoms with Crippen LogP contribution < -0.4 is 10.1 Å². The van der Waals surface area contributed by atoms with E-state index in [0.29, 0.717) is 31.5 Å². The van der Waals surface area contributed by atoms with Gasteiger partial charge in [0.25, 0.3) is 0 Å². The van der Waals surface area contributed by atoms with Gasteiger partial charge in [-0.15, -0.1) is 13.2 Å². The summed E-state index contributed by atoms with van der Waals surface area (Å²) in [4.78, 5) is 0. The Morgan fingerprint density at radius 2 is 1.56 bits per heavy atom. The Hall–Kier alpha value is -2.22. The summed E-state index contributed by atoms with van der Waals surface area (Å²) < 4.78 is 82.1. The Kier molecular flexibility index (Phi) is 5.37. The molecule has 146 valence electrons. The molecule has 2 aromatic rings. The van der Waals surface area contributed by atoms with Gasteiger partial charge < -0.3 is 10.1 Å². The lowest BCUT2D eigenvalue weighted by molar-refractivity contribution is -0.274. The number of piperidine rings is 1. The highest BCUT2D eigenvalue weighted by molar-refractivity contribution is 5.72. The Labute approximate surface area is 152 Å². The molecule has 1 heterocycles. The van der Waals surface area contributed by atoms with E-state index in [1.807, 2.05) is 0 Å². The zero-order valence-electron chi connectivity index (χ0n) is 14.1. The van der Waals surface area contributed by atoms with Crippen LogP contribution in [0, 0.1) is 0 Å². The van der Waals surface area contributed by atoms with Gasteiger partial charge in [0.15, 0.2) is 0 Å². The average Bonchev–Trinajstić information content (AvgIpc) is 2.60. The predicted molar refractivity (Wildman–Crippen MR) is 88.4 cm³/mol. The first-order chi connectivity index (χ1) is 12.6. The van der Waals surface area contributed by atoms with E-state index >= 15 is 0 Å². The van der Waals surface area contributed by atoms with Crippen molar-refractivity contribution in [2.75, 3.05) is 13.1 Å². The normalized spacial score (nSPS) is 16.4. The van der Waals surface area contributed by atoms with E-state index < -0.39 is 23.9 Å². The van der Waals surface area contributed by atoms with Crippen LogP contribution in [-0.4, -0.2) is 19.5 Å². The van der Waals surface area contributed by atoms with Crippen molar-refractivity contribution in [3.05, 3.63) is 53.6 Å². The standard InChI is InChI=1S/C19H17F6NO/c20-18(21,22)15-10-13(12-5-7-26-8-6-12)9-14(11-15)16-3-1-2-4-17(16)27-19(23,24)25/h1-4,9-12,26H,5-8H2. The molecular weight excluding hydrogens is 372 g/mol. The van der Waals surface area contributed by atoms with Crippen molar-refractivity contribution >= 4 is 0 Å². The topological polar surface area (TPSA) is 21.3 Å². The molecule has 0 atom stereocenters. The number of hydrogen-bond acceptors (Lipinski definition) is 2. The SMILES string of the molecule is FC(F)(F)Oc1ccccc1-c1cc(C2CCNCC2)cc(C(F)(F)F)c1. The number of hydrogen-bond donors (Lipinski definition) is 1. The zero-order valence-corrected chi connectivity index (χ0v) is 14.1. The minimum absolute atomic E-state index is 0.0314. The molecule has 0 amide bonds. The maximum atomic E-state index is 13.4. The highest BCUT2D eigenvalue weighted by atomic mass is 19.4. The molecule has 1 aliphatic rings. The van der Waals surface area contributed by atoms with E-state index in [4.69, 9.17) is 0 Å². The minimum Gasteiger partial charge on any atom is -0.405 e. The van der Waals surface area contributed by atoms with Gasteiger partial charge in [-0.05, 0) is 61.2 Å². The summed E-state index contributed by atoms with van der Waals surface area (Å²) in [6.07, 6.45) is -8.20. The van der Waals surface area contributed by atoms with Gasteiger partial charge in [-0.3, -0.25) is 0 Å². The lowest BCUT2D eigenvalue weighted by atomic mass is 9.87. The van der Waals surface area contributed by atoms with E-state index in [-0.39, 0.29) is 17.0 Å². The average molecular weight is 389 g/mol. The Balaban J connectivity index is 2.10. The summed E-state index contributed by atoms with van der Waals surface area (Å²) in [5, 5.41) is 3.14. The van der Waals surface area contributed by atoms with Gasteiger partial charge in [0.05, 0.1) is 5.56 Å². The molecule has 1 fully saturated rings. The van der Waals surface area contributed by atoms with Gasteiger partial charge in [0.2, 0.25) is 0 Å². The lowest BCUT2D eigenvalue weighted by Crippen LogP contribution is -2.26. The minimum atomic E-state index is -4.93. The fourth-order valence-corrected chi connectivity index (χ4v) is 3.28. The molecule has 0 aromatic heterocycles. The van der Waals surface area contributed by atoms with E-state index in [2.05, 4.69) is 10.1 Å². The first kappa shape index (κ1) is 19.5. The van der Waals surface area contributed by atoms with Gasteiger partial charge in [-0.25, -0.2) is 0 Å². The van der Waals surface area contributed by atoms with E-state index in [1.54, 1.807) is 0 Å². The molecule has 2 nitrogen and oxygen atoms in total. The molecule has 0 bridgehead atoms. The smallest absolute Gasteiger partial charge is 0.405 e. The van der Waals surface area contributed by atoms with Gasteiger partial charge in [0, 0.05) is 5.56 Å². The van der Waals surface area contributed by atoms with Crippen molar-refractivity contribution in [3.8, 4) is 16.9 Å². The molecule has 1 aliphatic heterocycles. The summed E-state index contributed by atoms with van der Waals surface area (Å²) in [6, 6.07) is 8.70. The first-order valence-corrected chi connectivity index (χ1v) is 8.41. The van der Waals surface area contributed by atoms with Crippen molar-refractivity contribution < 1.29 is 31.1 Å². The van der Waals surface area contributed by atoms with Gasteiger partial charge in [-0.2, -0.15) is 13.2 Å². The fourth-order valence-electron chi connectivity index (χ4n) is 3.28. The van der Waals surface area contributed by atoms with Crippen LogP contribution in [0.3, 0.4) is 0 Å². The molecule has 1 saturated heterocycles. The van der Waals surface area contributed by atoms with Crippen molar-refractivity contribution in [2.24, 2.45) is 0 Å². The lowest BCUT2D eigenvalue weighted by Gasteiger charge is -2.25. The number of para-hydroxylation sites is 1. The number of alkyl halides is 6. The molecule has 0 aliphatic carbocycles. The number of ether oxygens (including phenoxy) is 1. The van der Waals surface area contributed by atoms with Gasteiger partial charge >= 0.3 is 12.5 Å². The second kappa shape index (κ2) is 7.42. The van der Waals surface area contributed by atoms with Crippen molar-refractivity contribution in [2.45, 2.75) is 31.3 Å². The molecular formula is C19H17F6NO. The van der Waals surface area contributed by atoms with E-state index in [1.165, 1.54) is 24.3 Å². The number of rotatable bonds is 3. The van der Waals surface area contributed by atoms with Crippen molar-refractivity contribution in [1.82, 2.24) is 5.32 Å². The Bertz CT molecular complexity index is 794.